The number of amides is 1. The second-order valence-electron chi connectivity index (χ2n) is 5.60. The van der Waals surface area contributed by atoms with Crippen LogP contribution in [0.3, 0.4) is 0 Å². The smallest absolute Gasteiger partial charge is 0.247 e. The monoisotopic (exact) mass is 371 g/mol. The van der Waals surface area contributed by atoms with Gasteiger partial charge in [-0.15, -0.1) is 10.2 Å². The fourth-order valence-electron chi connectivity index (χ4n) is 2.42. The summed E-state index contributed by atoms with van der Waals surface area (Å²) >= 11 is 5.86. The number of halogens is 1. The van der Waals surface area contributed by atoms with E-state index in [1.807, 2.05) is 24.3 Å². The Hall–Kier alpha value is -2.86. The Bertz CT molecular complexity index is 878. The number of benzene rings is 2. The molecule has 0 aliphatic heterocycles. The van der Waals surface area contributed by atoms with Crippen molar-refractivity contribution in [1.29, 1.82) is 0 Å². The van der Waals surface area contributed by atoms with Gasteiger partial charge in [-0.3, -0.25) is 4.79 Å². The minimum Gasteiger partial charge on any atom is -0.496 e. The number of aryl methyl sites for hydroxylation is 1. The van der Waals surface area contributed by atoms with E-state index < -0.39 is 0 Å². The van der Waals surface area contributed by atoms with E-state index in [2.05, 4.69) is 15.5 Å². The van der Waals surface area contributed by atoms with Crippen LogP contribution in [0.1, 0.15) is 17.9 Å². The van der Waals surface area contributed by atoms with Crippen LogP contribution in [0.15, 0.2) is 52.9 Å². The van der Waals surface area contributed by atoms with Crippen molar-refractivity contribution in [2.75, 3.05) is 7.11 Å². The molecule has 0 radical (unpaired) electrons. The SMILES string of the molecule is COc1ccccc1CNC(=O)CCc1nnc(-c2ccc(Cl)cc2)o1. The highest BCUT2D eigenvalue weighted by Crippen LogP contribution is 2.20. The van der Waals surface area contributed by atoms with Crippen LogP contribution in [-0.4, -0.2) is 23.2 Å². The first-order valence-corrected chi connectivity index (χ1v) is 8.50. The lowest BCUT2D eigenvalue weighted by Crippen LogP contribution is -2.23. The van der Waals surface area contributed by atoms with Crippen LogP contribution in [0.25, 0.3) is 11.5 Å². The summed E-state index contributed by atoms with van der Waals surface area (Å²) < 4.78 is 10.9. The van der Waals surface area contributed by atoms with Gasteiger partial charge >= 0.3 is 0 Å². The van der Waals surface area contributed by atoms with Gasteiger partial charge in [0.1, 0.15) is 5.75 Å². The maximum atomic E-state index is 12.0. The van der Waals surface area contributed by atoms with Gasteiger partial charge in [-0.25, -0.2) is 0 Å². The van der Waals surface area contributed by atoms with Crippen molar-refractivity contribution in [3.8, 4) is 17.2 Å². The number of nitrogens with one attached hydrogen (secondary N) is 1. The molecule has 2 aromatic carbocycles. The Balaban J connectivity index is 1.51. The molecule has 0 aliphatic carbocycles. The van der Waals surface area contributed by atoms with Crippen LogP contribution >= 0.6 is 11.6 Å². The third-order valence-corrected chi connectivity index (χ3v) is 4.04. The summed E-state index contributed by atoms with van der Waals surface area (Å²) in [5.41, 5.74) is 1.71. The van der Waals surface area contributed by atoms with E-state index in [1.165, 1.54) is 0 Å². The lowest BCUT2D eigenvalue weighted by atomic mass is 10.2. The molecule has 0 saturated carbocycles. The molecule has 0 bridgehead atoms. The van der Waals surface area contributed by atoms with Crippen molar-refractivity contribution in [3.63, 3.8) is 0 Å². The average molecular weight is 372 g/mol. The molecule has 134 valence electrons. The molecule has 1 aromatic heterocycles. The number of rotatable bonds is 7. The molecule has 0 unspecified atom stereocenters. The second kappa shape index (κ2) is 8.49. The van der Waals surface area contributed by atoms with E-state index >= 15 is 0 Å². The van der Waals surface area contributed by atoms with Crippen molar-refractivity contribution in [2.24, 2.45) is 0 Å². The Morgan fingerprint density at radius 3 is 2.69 bits per heavy atom. The first-order valence-electron chi connectivity index (χ1n) is 8.12. The minimum atomic E-state index is -0.0952. The van der Waals surface area contributed by atoms with Crippen LogP contribution in [0.2, 0.25) is 5.02 Å². The quantitative estimate of drug-likeness (QED) is 0.686. The summed E-state index contributed by atoms with van der Waals surface area (Å²) in [5.74, 6) is 1.48. The number of aromatic nitrogens is 2. The Kier molecular flexibility index (Phi) is 5.86. The molecule has 26 heavy (non-hydrogen) atoms. The molecular formula is C19H18ClN3O3. The van der Waals surface area contributed by atoms with Gasteiger partial charge in [0.15, 0.2) is 0 Å². The highest BCUT2D eigenvalue weighted by molar-refractivity contribution is 6.30. The zero-order chi connectivity index (χ0) is 18.4. The van der Waals surface area contributed by atoms with Crippen molar-refractivity contribution in [3.05, 3.63) is 65.0 Å². The topological polar surface area (TPSA) is 77.2 Å². The predicted octanol–water partition coefficient (Wildman–Crippen LogP) is 3.65. The molecule has 0 fully saturated rings. The molecule has 7 heteroatoms. The van der Waals surface area contributed by atoms with E-state index in [1.54, 1.807) is 31.4 Å². The summed E-state index contributed by atoms with van der Waals surface area (Å²) in [4.78, 5) is 12.0. The molecule has 0 spiro atoms. The standard InChI is InChI=1S/C19H18ClN3O3/c1-25-16-5-3-2-4-14(16)12-21-17(24)10-11-18-22-23-19(26-18)13-6-8-15(20)9-7-13/h2-9H,10-12H2,1H3,(H,21,24). The van der Waals surface area contributed by atoms with Crippen LogP contribution in [0.4, 0.5) is 0 Å². The first-order chi connectivity index (χ1) is 12.7. The number of hydrogen-bond donors (Lipinski definition) is 1. The van der Waals surface area contributed by atoms with Gasteiger partial charge in [-0.1, -0.05) is 29.8 Å². The summed E-state index contributed by atoms with van der Waals surface area (Å²) in [6, 6.07) is 14.7. The highest BCUT2D eigenvalue weighted by Gasteiger charge is 2.11. The molecule has 0 saturated heterocycles. The third kappa shape index (κ3) is 4.61. The second-order valence-corrected chi connectivity index (χ2v) is 6.03. The van der Waals surface area contributed by atoms with Crippen molar-refractivity contribution in [1.82, 2.24) is 15.5 Å². The predicted molar refractivity (Wildman–Crippen MR) is 97.9 cm³/mol. The molecule has 0 aliphatic rings. The number of ether oxygens (including phenoxy) is 1. The molecule has 1 N–H and O–H groups in total. The van der Waals surface area contributed by atoms with Gasteiger partial charge in [0.2, 0.25) is 17.7 Å². The largest absolute Gasteiger partial charge is 0.496 e. The van der Waals surface area contributed by atoms with Crippen molar-refractivity contribution < 1.29 is 13.9 Å². The Morgan fingerprint density at radius 2 is 1.92 bits per heavy atom. The third-order valence-electron chi connectivity index (χ3n) is 3.79. The number of methoxy groups -OCH3 is 1. The number of para-hydroxylation sites is 1. The number of carbonyl (C=O) groups excluding carboxylic acids is 1. The number of hydrogen-bond acceptors (Lipinski definition) is 5. The Morgan fingerprint density at radius 1 is 1.15 bits per heavy atom. The molecule has 3 aromatic rings. The van der Waals surface area contributed by atoms with E-state index in [0.717, 1.165) is 16.9 Å². The molecule has 1 heterocycles. The number of nitrogens with zero attached hydrogens (tertiary/aromatic N) is 2. The molecule has 6 nitrogen and oxygen atoms in total. The summed E-state index contributed by atoms with van der Waals surface area (Å²) in [7, 11) is 1.61. The van der Waals surface area contributed by atoms with Crippen LogP contribution in [0.5, 0.6) is 5.75 Å². The van der Waals surface area contributed by atoms with Crippen molar-refractivity contribution in [2.45, 2.75) is 19.4 Å². The van der Waals surface area contributed by atoms with Crippen LogP contribution in [0, 0.1) is 0 Å². The van der Waals surface area contributed by atoms with E-state index in [0.29, 0.717) is 29.8 Å². The van der Waals surface area contributed by atoms with Gasteiger partial charge in [0, 0.05) is 35.5 Å². The van der Waals surface area contributed by atoms with Crippen LogP contribution in [-0.2, 0) is 17.8 Å². The van der Waals surface area contributed by atoms with Crippen molar-refractivity contribution >= 4 is 17.5 Å². The molecule has 3 rings (SSSR count). The molecule has 0 atom stereocenters. The zero-order valence-electron chi connectivity index (χ0n) is 14.2. The Labute approximate surface area is 156 Å². The van der Waals surface area contributed by atoms with Gasteiger partial charge in [-0.2, -0.15) is 0 Å². The van der Waals surface area contributed by atoms with Gasteiger partial charge in [0.05, 0.1) is 7.11 Å². The van der Waals surface area contributed by atoms with Gasteiger partial charge < -0.3 is 14.5 Å². The van der Waals surface area contributed by atoms with E-state index in [9.17, 15) is 4.79 Å². The fraction of sp³-hybridized carbons (Fsp3) is 0.211. The summed E-state index contributed by atoms with van der Waals surface area (Å²) in [6.45, 7) is 0.405. The number of carbonyl (C=O) groups is 1. The van der Waals surface area contributed by atoms with Gasteiger partial charge in [0.25, 0.3) is 0 Å². The lowest BCUT2D eigenvalue weighted by Gasteiger charge is -2.09. The maximum absolute atomic E-state index is 12.0. The average Bonchev–Trinajstić information content (AvgIpc) is 3.14. The molecule has 1 amide bonds. The van der Waals surface area contributed by atoms with E-state index in [4.69, 9.17) is 20.8 Å². The first kappa shape index (κ1) is 17.9. The lowest BCUT2D eigenvalue weighted by molar-refractivity contribution is -0.121. The maximum Gasteiger partial charge on any atom is 0.247 e. The normalized spacial score (nSPS) is 10.5. The summed E-state index contributed by atoms with van der Waals surface area (Å²) in [5, 5.41) is 11.5. The highest BCUT2D eigenvalue weighted by atomic mass is 35.5. The summed E-state index contributed by atoms with van der Waals surface area (Å²) in [6.07, 6.45) is 0.635. The molecular weight excluding hydrogens is 354 g/mol. The minimum absolute atomic E-state index is 0.0952. The van der Waals surface area contributed by atoms with E-state index in [-0.39, 0.29) is 12.3 Å². The van der Waals surface area contributed by atoms with Gasteiger partial charge in [-0.05, 0) is 30.3 Å². The van der Waals surface area contributed by atoms with Crippen LogP contribution < -0.4 is 10.1 Å². The fourth-order valence-corrected chi connectivity index (χ4v) is 2.54. The zero-order valence-corrected chi connectivity index (χ0v) is 15.0.